The van der Waals surface area contributed by atoms with Crippen molar-refractivity contribution < 1.29 is 9.90 Å². The molecule has 1 aliphatic carbocycles. The monoisotopic (exact) mass is 237 g/mol. The first-order valence-electron chi connectivity index (χ1n) is 6.11. The van der Waals surface area contributed by atoms with Crippen LogP contribution in [0.25, 0.3) is 0 Å². The number of aryl methyl sites for hydroxylation is 1. The first-order chi connectivity index (χ1) is 8.15. The fourth-order valence-electron chi connectivity index (χ4n) is 2.21. The number of amides is 1. The number of aliphatic hydroxyl groups excluding tert-OH is 1. The van der Waals surface area contributed by atoms with E-state index >= 15 is 0 Å². The average Bonchev–Trinajstić information content (AvgIpc) is 2.75. The Morgan fingerprint density at radius 1 is 1.53 bits per heavy atom. The minimum Gasteiger partial charge on any atom is -0.393 e. The molecule has 94 valence electrons. The highest BCUT2D eigenvalue weighted by molar-refractivity contribution is 5.92. The number of carbonyl (C=O) groups excluding carboxylic acids is 1. The van der Waals surface area contributed by atoms with Gasteiger partial charge >= 0.3 is 0 Å². The number of nitrogens with zero attached hydrogens (tertiary/aromatic N) is 2. The van der Waals surface area contributed by atoms with Crippen LogP contribution in [0.5, 0.6) is 0 Å². The predicted molar refractivity (Wildman–Crippen MR) is 63.5 cm³/mol. The van der Waals surface area contributed by atoms with E-state index in [1.54, 1.807) is 24.0 Å². The van der Waals surface area contributed by atoms with Crippen LogP contribution >= 0.6 is 0 Å². The van der Waals surface area contributed by atoms with Crippen molar-refractivity contribution in [2.45, 2.75) is 31.8 Å². The van der Waals surface area contributed by atoms with Crippen LogP contribution in [0.3, 0.4) is 0 Å². The molecule has 1 aromatic rings. The summed E-state index contributed by atoms with van der Waals surface area (Å²) in [5.74, 6) is 0.378. The molecule has 0 radical (unpaired) electrons. The molecule has 1 aliphatic rings. The van der Waals surface area contributed by atoms with E-state index in [9.17, 15) is 9.90 Å². The molecule has 5 heteroatoms. The minimum absolute atomic E-state index is 0.114. The topological polar surface area (TPSA) is 67.2 Å². The number of aliphatic hydroxyl groups is 1. The Kier molecular flexibility index (Phi) is 3.78. The third kappa shape index (κ3) is 3.30. The molecule has 17 heavy (non-hydrogen) atoms. The molecule has 5 nitrogen and oxygen atoms in total. The third-order valence-electron chi connectivity index (χ3n) is 3.31. The second-order valence-corrected chi connectivity index (χ2v) is 4.76. The summed E-state index contributed by atoms with van der Waals surface area (Å²) in [6.45, 7) is 0.683. The molecular weight excluding hydrogens is 218 g/mol. The molecule has 0 atom stereocenters. The molecule has 0 saturated heterocycles. The maximum absolute atomic E-state index is 11.7. The molecule has 1 heterocycles. The summed E-state index contributed by atoms with van der Waals surface area (Å²) >= 11 is 0. The summed E-state index contributed by atoms with van der Waals surface area (Å²) in [4.78, 5) is 11.7. The minimum atomic E-state index is -0.141. The van der Waals surface area contributed by atoms with E-state index in [-0.39, 0.29) is 12.0 Å². The van der Waals surface area contributed by atoms with E-state index in [1.165, 1.54) is 0 Å². The Balaban J connectivity index is 1.76. The van der Waals surface area contributed by atoms with Gasteiger partial charge in [-0.2, -0.15) is 5.10 Å². The Morgan fingerprint density at radius 2 is 2.24 bits per heavy atom. The fourth-order valence-corrected chi connectivity index (χ4v) is 2.21. The van der Waals surface area contributed by atoms with E-state index < -0.39 is 0 Å². The van der Waals surface area contributed by atoms with E-state index in [0.717, 1.165) is 25.7 Å². The van der Waals surface area contributed by atoms with Crippen molar-refractivity contribution in [3.05, 3.63) is 18.0 Å². The summed E-state index contributed by atoms with van der Waals surface area (Å²) < 4.78 is 1.62. The molecule has 0 spiro atoms. The Bertz CT molecular complexity index is 381. The molecule has 2 rings (SSSR count). The van der Waals surface area contributed by atoms with Gasteiger partial charge in [-0.1, -0.05) is 0 Å². The van der Waals surface area contributed by atoms with E-state index in [1.807, 2.05) is 0 Å². The van der Waals surface area contributed by atoms with Gasteiger partial charge < -0.3 is 10.4 Å². The van der Waals surface area contributed by atoms with Crippen LogP contribution in [0, 0.1) is 5.92 Å². The maximum atomic E-state index is 11.7. The van der Waals surface area contributed by atoms with E-state index in [4.69, 9.17) is 0 Å². The van der Waals surface area contributed by atoms with Crippen molar-refractivity contribution in [1.29, 1.82) is 0 Å². The quantitative estimate of drug-likeness (QED) is 0.813. The third-order valence-corrected chi connectivity index (χ3v) is 3.31. The van der Waals surface area contributed by atoms with Crippen LogP contribution in [-0.4, -0.2) is 33.4 Å². The molecular formula is C12H19N3O2. The lowest BCUT2D eigenvalue weighted by molar-refractivity contribution is 0.0905. The summed E-state index contributed by atoms with van der Waals surface area (Å²) in [5, 5.41) is 16.3. The van der Waals surface area contributed by atoms with Crippen LogP contribution in [0.2, 0.25) is 0 Å². The van der Waals surface area contributed by atoms with Crippen molar-refractivity contribution in [1.82, 2.24) is 15.1 Å². The molecule has 0 aromatic carbocycles. The van der Waals surface area contributed by atoms with Crippen molar-refractivity contribution in [2.24, 2.45) is 13.0 Å². The molecule has 1 saturated carbocycles. The highest BCUT2D eigenvalue weighted by Crippen LogP contribution is 2.23. The number of nitrogens with one attached hydrogen (secondary N) is 1. The molecule has 1 amide bonds. The fraction of sp³-hybridized carbons (Fsp3) is 0.667. The zero-order valence-electron chi connectivity index (χ0n) is 10.1. The van der Waals surface area contributed by atoms with Gasteiger partial charge in [-0.05, 0) is 37.7 Å². The van der Waals surface area contributed by atoms with Crippen molar-refractivity contribution >= 4 is 5.91 Å². The number of carbonyl (C=O) groups is 1. The van der Waals surface area contributed by atoms with Crippen molar-refractivity contribution in [2.75, 3.05) is 6.54 Å². The second-order valence-electron chi connectivity index (χ2n) is 4.76. The molecule has 0 bridgehead atoms. The first kappa shape index (κ1) is 12.1. The normalized spacial score (nSPS) is 24.6. The van der Waals surface area contributed by atoms with Gasteiger partial charge in [0.1, 0.15) is 5.69 Å². The Labute approximate surface area is 101 Å². The molecule has 1 aromatic heterocycles. The number of hydrogen-bond acceptors (Lipinski definition) is 3. The summed E-state index contributed by atoms with van der Waals surface area (Å²) in [6, 6.07) is 1.71. The predicted octanol–water partition coefficient (Wildman–Crippen LogP) is 0.701. The van der Waals surface area contributed by atoms with Gasteiger partial charge in [0.15, 0.2) is 0 Å². The number of aromatic nitrogens is 2. The summed E-state index contributed by atoms with van der Waals surface area (Å²) in [5.41, 5.74) is 0.461. The standard InChI is InChI=1S/C12H19N3O2/c1-15-7-6-11(14-15)12(17)13-8-9-2-4-10(16)5-3-9/h6-7,9-10,16H,2-5,8H2,1H3,(H,13,17). The van der Waals surface area contributed by atoms with Gasteiger partial charge in [0.2, 0.25) is 0 Å². The van der Waals surface area contributed by atoms with Crippen LogP contribution in [0.4, 0.5) is 0 Å². The van der Waals surface area contributed by atoms with Gasteiger partial charge in [0.05, 0.1) is 6.10 Å². The van der Waals surface area contributed by atoms with Gasteiger partial charge in [0, 0.05) is 19.8 Å². The zero-order valence-corrected chi connectivity index (χ0v) is 10.1. The Morgan fingerprint density at radius 3 is 2.82 bits per heavy atom. The van der Waals surface area contributed by atoms with Crippen LogP contribution in [0.15, 0.2) is 12.3 Å². The molecule has 2 N–H and O–H groups in total. The lowest BCUT2D eigenvalue weighted by Gasteiger charge is -2.25. The van der Waals surface area contributed by atoms with E-state index in [2.05, 4.69) is 10.4 Å². The lowest BCUT2D eigenvalue weighted by Crippen LogP contribution is -2.32. The van der Waals surface area contributed by atoms with E-state index in [0.29, 0.717) is 18.2 Å². The van der Waals surface area contributed by atoms with Gasteiger partial charge in [-0.3, -0.25) is 9.48 Å². The lowest BCUT2D eigenvalue weighted by atomic mass is 9.87. The number of hydrogen-bond donors (Lipinski definition) is 2. The first-order valence-corrected chi connectivity index (χ1v) is 6.11. The summed E-state index contributed by atoms with van der Waals surface area (Å²) in [6.07, 6.45) is 5.30. The van der Waals surface area contributed by atoms with Crippen LogP contribution in [-0.2, 0) is 7.05 Å². The molecule has 1 fully saturated rings. The van der Waals surface area contributed by atoms with Crippen LogP contribution < -0.4 is 5.32 Å². The van der Waals surface area contributed by atoms with Gasteiger partial charge in [-0.15, -0.1) is 0 Å². The average molecular weight is 237 g/mol. The molecule has 0 unspecified atom stereocenters. The van der Waals surface area contributed by atoms with Gasteiger partial charge in [0.25, 0.3) is 5.91 Å². The highest BCUT2D eigenvalue weighted by atomic mass is 16.3. The second kappa shape index (κ2) is 5.31. The smallest absolute Gasteiger partial charge is 0.271 e. The summed E-state index contributed by atoms with van der Waals surface area (Å²) in [7, 11) is 1.79. The van der Waals surface area contributed by atoms with Crippen LogP contribution in [0.1, 0.15) is 36.2 Å². The maximum Gasteiger partial charge on any atom is 0.271 e. The highest BCUT2D eigenvalue weighted by Gasteiger charge is 2.20. The van der Waals surface area contributed by atoms with Crippen molar-refractivity contribution in [3.63, 3.8) is 0 Å². The zero-order chi connectivity index (χ0) is 12.3. The van der Waals surface area contributed by atoms with Gasteiger partial charge in [-0.25, -0.2) is 0 Å². The molecule has 0 aliphatic heterocycles. The largest absolute Gasteiger partial charge is 0.393 e. The number of rotatable bonds is 3. The van der Waals surface area contributed by atoms with Crippen molar-refractivity contribution in [3.8, 4) is 0 Å². The Hall–Kier alpha value is -1.36. The SMILES string of the molecule is Cn1ccc(C(=O)NCC2CCC(O)CC2)n1.